The van der Waals surface area contributed by atoms with Gasteiger partial charge in [0, 0.05) is 37.8 Å². The van der Waals surface area contributed by atoms with Crippen molar-refractivity contribution in [2.24, 2.45) is 0 Å². The van der Waals surface area contributed by atoms with Crippen molar-refractivity contribution in [3.63, 3.8) is 0 Å². The summed E-state index contributed by atoms with van der Waals surface area (Å²) in [6.45, 7) is 1.29. The minimum absolute atomic E-state index is 0.0144. The third kappa shape index (κ3) is 3.53. The van der Waals surface area contributed by atoms with Crippen molar-refractivity contribution in [3.05, 3.63) is 39.9 Å². The molecule has 1 rings (SSSR count). The summed E-state index contributed by atoms with van der Waals surface area (Å²) in [6.07, 6.45) is 0. The molecule has 1 N–H and O–H groups in total. The zero-order valence-electron chi connectivity index (χ0n) is 9.84. The number of nitrogens with zero attached hydrogens (tertiary/aromatic N) is 2. The zero-order chi connectivity index (χ0) is 12.8. The van der Waals surface area contributed by atoms with E-state index in [4.69, 9.17) is 0 Å². The lowest BCUT2D eigenvalue weighted by molar-refractivity contribution is -0.384. The summed E-state index contributed by atoms with van der Waals surface area (Å²) in [5.74, 6) is -0.143. The van der Waals surface area contributed by atoms with Crippen LogP contribution < -0.4 is 5.32 Å². The van der Waals surface area contributed by atoms with Crippen molar-refractivity contribution >= 4 is 11.6 Å². The topological polar surface area (TPSA) is 75.5 Å². The van der Waals surface area contributed by atoms with Crippen LogP contribution in [0.1, 0.15) is 10.4 Å². The smallest absolute Gasteiger partial charge is 0.269 e. The minimum atomic E-state index is -0.487. The minimum Gasteiger partial charge on any atom is -0.340 e. The van der Waals surface area contributed by atoms with Crippen molar-refractivity contribution in [2.75, 3.05) is 27.2 Å². The summed E-state index contributed by atoms with van der Waals surface area (Å²) >= 11 is 0. The summed E-state index contributed by atoms with van der Waals surface area (Å²) < 4.78 is 0. The van der Waals surface area contributed by atoms with E-state index in [2.05, 4.69) is 5.32 Å². The van der Waals surface area contributed by atoms with Gasteiger partial charge in [-0.2, -0.15) is 0 Å². The highest BCUT2D eigenvalue weighted by Gasteiger charge is 2.12. The maximum absolute atomic E-state index is 11.9. The molecule has 6 nitrogen and oxygen atoms in total. The normalized spacial score (nSPS) is 10.0. The molecule has 0 unspecified atom stereocenters. The molecule has 0 heterocycles. The van der Waals surface area contributed by atoms with Gasteiger partial charge in [-0.25, -0.2) is 0 Å². The summed E-state index contributed by atoms with van der Waals surface area (Å²) in [6, 6.07) is 5.60. The largest absolute Gasteiger partial charge is 0.340 e. The predicted octanol–water partition coefficient (Wildman–Crippen LogP) is 0.886. The van der Waals surface area contributed by atoms with E-state index >= 15 is 0 Å². The number of nitro benzene ring substituents is 1. The van der Waals surface area contributed by atoms with Gasteiger partial charge in [0.25, 0.3) is 11.6 Å². The van der Waals surface area contributed by atoms with Gasteiger partial charge in [0.05, 0.1) is 4.92 Å². The Balaban J connectivity index is 2.72. The van der Waals surface area contributed by atoms with E-state index in [0.717, 1.165) is 0 Å². The molecular formula is C11H15N3O3. The Morgan fingerprint density at radius 3 is 2.47 bits per heavy atom. The lowest BCUT2D eigenvalue weighted by Gasteiger charge is -2.16. The van der Waals surface area contributed by atoms with Crippen LogP contribution in [0.4, 0.5) is 5.69 Å². The summed E-state index contributed by atoms with van der Waals surface area (Å²) in [5.41, 5.74) is 0.439. The van der Waals surface area contributed by atoms with Crippen molar-refractivity contribution < 1.29 is 9.72 Å². The van der Waals surface area contributed by atoms with Crippen LogP contribution >= 0.6 is 0 Å². The molecule has 0 bridgehead atoms. The van der Waals surface area contributed by atoms with E-state index in [0.29, 0.717) is 18.7 Å². The molecule has 92 valence electrons. The number of nitro groups is 1. The van der Waals surface area contributed by atoms with E-state index in [1.165, 1.54) is 24.3 Å². The first-order chi connectivity index (χ1) is 8.06. The highest BCUT2D eigenvalue weighted by Crippen LogP contribution is 2.12. The van der Waals surface area contributed by atoms with Gasteiger partial charge in [-0.15, -0.1) is 0 Å². The maximum atomic E-state index is 11.9. The standard InChI is InChI=1S/C11H15N3O3/c1-12-7-8-13(2)11(15)9-3-5-10(6-4-9)14(16)17/h3-6,12H,7-8H2,1-2H3. The molecule has 0 atom stereocenters. The number of carbonyl (C=O) groups is 1. The average Bonchev–Trinajstić information content (AvgIpc) is 2.35. The molecular weight excluding hydrogens is 222 g/mol. The quantitative estimate of drug-likeness (QED) is 0.609. The van der Waals surface area contributed by atoms with E-state index < -0.39 is 4.92 Å². The molecule has 1 amide bonds. The lowest BCUT2D eigenvalue weighted by Crippen LogP contribution is -2.32. The van der Waals surface area contributed by atoms with Gasteiger partial charge in [-0.05, 0) is 19.2 Å². The number of carbonyl (C=O) groups excluding carboxylic acids is 1. The molecule has 0 spiro atoms. The second-order valence-corrected chi connectivity index (χ2v) is 3.63. The highest BCUT2D eigenvalue weighted by molar-refractivity contribution is 5.94. The molecule has 0 aliphatic heterocycles. The fourth-order valence-corrected chi connectivity index (χ4v) is 1.33. The van der Waals surface area contributed by atoms with Crippen LogP contribution in [-0.2, 0) is 0 Å². The van der Waals surface area contributed by atoms with Gasteiger partial charge < -0.3 is 10.2 Å². The van der Waals surface area contributed by atoms with Crippen molar-refractivity contribution in [1.82, 2.24) is 10.2 Å². The Labute approximate surface area is 99.4 Å². The van der Waals surface area contributed by atoms with E-state index in [1.807, 2.05) is 7.05 Å². The molecule has 0 fully saturated rings. The summed E-state index contributed by atoms with van der Waals surface area (Å²) in [5, 5.41) is 13.4. The van der Waals surface area contributed by atoms with Crippen LogP contribution in [0.25, 0.3) is 0 Å². The molecule has 1 aromatic carbocycles. The van der Waals surface area contributed by atoms with Crippen LogP contribution in [-0.4, -0.2) is 42.9 Å². The van der Waals surface area contributed by atoms with Gasteiger partial charge in [0.1, 0.15) is 0 Å². The zero-order valence-corrected chi connectivity index (χ0v) is 9.84. The first-order valence-electron chi connectivity index (χ1n) is 5.20. The number of nitrogens with one attached hydrogen (secondary N) is 1. The summed E-state index contributed by atoms with van der Waals surface area (Å²) in [4.78, 5) is 23.4. The van der Waals surface area contributed by atoms with Crippen molar-refractivity contribution in [1.29, 1.82) is 0 Å². The fourth-order valence-electron chi connectivity index (χ4n) is 1.33. The van der Waals surface area contributed by atoms with Gasteiger partial charge in [0.2, 0.25) is 0 Å². The number of amides is 1. The van der Waals surface area contributed by atoms with Gasteiger partial charge in [-0.1, -0.05) is 0 Å². The van der Waals surface area contributed by atoms with E-state index in [-0.39, 0.29) is 11.6 Å². The monoisotopic (exact) mass is 237 g/mol. The molecule has 0 aliphatic rings. The fraction of sp³-hybridized carbons (Fsp3) is 0.364. The van der Waals surface area contributed by atoms with Crippen LogP contribution in [0.2, 0.25) is 0 Å². The maximum Gasteiger partial charge on any atom is 0.269 e. The van der Waals surface area contributed by atoms with Crippen molar-refractivity contribution in [3.8, 4) is 0 Å². The molecule has 0 aliphatic carbocycles. The number of benzene rings is 1. The van der Waals surface area contributed by atoms with Gasteiger partial charge in [-0.3, -0.25) is 14.9 Å². The summed E-state index contributed by atoms with van der Waals surface area (Å²) in [7, 11) is 3.51. The first kappa shape index (κ1) is 13.1. The number of likely N-dealkylation sites (N-methyl/N-ethyl adjacent to an activating group) is 2. The van der Waals surface area contributed by atoms with Crippen LogP contribution in [0.15, 0.2) is 24.3 Å². The Bertz CT molecular complexity index is 403. The van der Waals surface area contributed by atoms with Crippen molar-refractivity contribution in [2.45, 2.75) is 0 Å². The number of hydrogen-bond donors (Lipinski definition) is 1. The van der Waals surface area contributed by atoms with Crippen LogP contribution in [0.3, 0.4) is 0 Å². The SMILES string of the molecule is CNCCN(C)C(=O)c1ccc([N+](=O)[O-])cc1. The Morgan fingerprint density at radius 2 is 2.00 bits per heavy atom. The number of rotatable bonds is 5. The second-order valence-electron chi connectivity index (χ2n) is 3.63. The molecule has 6 heteroatoms. The molecule has 0 saturated carbocycles. The first-order valence-corrected chi connectivity index (χ1v) is 5.20. The van der Waals surface area contributed by atoms with Gasteiger partial charge >= 0.3 is 0 Å². The van der Waals surface area contributed by atoms with E-state index in [1.54, 1.807) is 11.9 Å². The predicted molar refractivity (Wildman–Crippen MR) is 64.0 cm³/mol. The molecule has 17 heavy (non-hydrogen) atoms. The Hall–Kier alpha value is -1.95. The lowest BCUT2D eigenvalue weighted by atomic mass is 10.2. The van der Waals surface area contributed by atoms with Crippen LogP contribution in [0.5, 0.6) is 0 Å². The molecule has 0 saturated heterocycles. The Morgan fingerprint density at radius 1 is 1.41 bits per heavy atom. The molecule has 0 radical (unpaired) electrons. The van der Waals surface area contributed by atoms with Gasteiger partial charge in [0.15, 0.2) is 0 Å². The average molecular weight is 237 g/mol. The number of hydrogen-bond acceptors (Lipinski definition) is 4. The second kappa shape index (κ2) is 5.95. The third-order valence-electron chi connectivity index (χ3n) is 2.37. The Kier molecular flexibility index (Phi) is 4.59. The highest BCUT2D eigenvalue weighted by atomic mass is 16.6. The molecule has 0 aromatic heterocycles. The van der Waals surface area contributed by atoms with E-state index in [9.17, 15) is 14.9 Å². The third-order valence-corrected chi connectivity index (χ3v) is 2.37. The number of non-ortho nitro benzene ring substituents is 1. The van der Waals surface area contributed by atoms with Crippen LogP contribution in [0, 0.1) is 10.1 Å². The molecule has 1 aromatic rings.